The smallest absolute Gasteiger partial charge is 0.128 e. The molecule has 0 aliphatic heterocycles. The number of rotatable bonds is 1. The van der Waals surface area contributed by atoms with Crippen molar-refractivity contribution in [3.8, 4) is 0 Å². The van der Waals surface area contributed by atoms with Crippen molar-refractivity contribution in [1.82, 2.24) is 0 Å². The van der Waals surface area contributed by atoms with Gasteiger partial charge in [0.15, 0.2) is 0 Å². The van der Waals surface area contributed by atoms with Gasteiger partial charge in [0, 0.05) is 10.3 Å². The summed E-state index contributed by atoms with van der Waals surface area (Å²) in [6.07, 6.45) is 1.29. The van der Waals surface area contributed by atoms with Crippen LogP contribution >= 0.6 is 12.6 Å². The monoisotopic (exact) mass is 228 g/mol. The highest BCUT2D eigenvalue weighted by Gasteiger charge is 2.41. The Balaban J connectivity index is 2.64. The Morgan fingerprint density at radius 1 is 1.27 bits per heavy atom. The minimum absolute atomic E-state index is 0.193. The van der Waals surface area contributed by atoms with Crippen LogP contribution in [0.2, 0.25) is 0 Å². The summed E-state index contributed by atoms with van der Waals surface area (Å²) in [5.74, 6) is -0.436. The Labute approximate surface area is 94.1 Å². The first-order chi connectivity index (χ1) is 6.97. The molecule has 0 amide bonds. The Morgan fingerprint density at radius 3 is 2.47 bits per heavy atom. The zero-order valence-electron chi connectivity index (χ0n) is 8.85. The topological polar surface area (TPSA) is 0 Å². The molecule has 0 spiro atoms. The third-order valence-corrected chi connectivity index (χ3v) is 4.31. The van der Waals surface area contributed by atoms with Crippen molar-refractivity contribution < 1.29 is 8.78 Å². The molecule has 1 aromatic carbocycles. The highest BCUT2D eigenvalue weighted by Crippen LogP contribution is 2.48. The number of hydrogen-bond donors (Lipinski definition) is 1. The molecule has 2 rings (SSSR count). The van der Waals surface area contributed by atoms with Crippen molar-refractivity contribution >= 4 is 12.6 Å². The normalized spacial score (nSPS) is 24.7. The maximum atomic E-state index is 13.7. The average Bonchev–Trinajstić information content (AvgIpc) is 2.53. The van der Waals surface area contributed by atoms with Gasteiger partial charge in [-0.1, -0.05) is 13.8 Å². The van der Waals surface area contributed by atoms with Crippen molar-refractivity contribution in [3.63, 3.8) is 0 Å². The van der Waals surface area contributed by atoms with Gasteiger partial charge in [-0.15, -0.1) is 0 Å². The lowest BCUT2D eigenvalue weighted by molar-refractivity contribution is 0.433. The van der Waals surface area contributed by atoms with E-state index in [1.54, 1.807) is 0 Å². The van der Waals surface area contributed by atoms with E-state index in [-0.39, 0.29) is 17.6 Å². The van der Waals surface area contributed by atoms with Gasteiger partial charge in [-0.25, -0.2) is 8.78 Å². The van der Waals surface area contributed by atoms with Crippen LogP contribution in [0.25, 0.3) is 0 Å². The predicted molar refractivity (Wildman–Crippen MR) is 60.2 cm³/mol. The maximum absolute atomic E-state index is 13.7. The number of benzene rings is 1. The number of halogens is 2. The standard InChI is InChI=1S/C12H14F2S/c1-7(2)12(15)6-5-8-9(13)3-4-10(14)11(8)12/h3-4,7,15H,5-6H2,1-2H3. The van der Waals surface area contributed by atoms with Crippen molar-refractivity contribution in [3.05, 3.63) is 34.9 Å². The number of thiol groups is 1. The lowest BCUT2D eigenvalue weighted by Gasteiger charge is -2.29. The zero-order valence-corrected chi connectivity index (χ0v) is 9.74. The molecule has 82 valence electrons. The summed E-state index contributed by atoms with van der Waals surface area (Å²) < 4.78 is 26.7. The van der Waals surface area contributed by atoms with E-state index in [0.717, 1.165) is 0 Å². The van der Waals surface area contributed by atoms with E-state index >= 15 is 0 Å². The molecule has 1 aliphatic rings. The SMILES string of the molecule is CC(C)C1(S)CCc2c(F)ccc(F)c21. The first-order valence-electron chi connectivity index (χ1n) is 5.16. The van der Waals surface area contributed by atoms with E-state index in [1.807, 2.05) is 13.8 Å². The van der Waals surface area contributed by atoms with Crippen LogP contribution in [0, 0.1) is 17.6 Å². The third-order valence-electron chi connectivity index (χ3n) is 3.35. The molecular formula is C12H14F2S. The van der Waals surface area contributed by atoms with Gasteiger partial charge < -0.3 is 0 Å². The van der Waals surface area contributed by atoms with Crippen molar-refractivity contribution in [2.24, 2.45) is 5.92 Å². The first-order valence-corrected chi connectivity index (χ1v) is 5.61. The summed E-state index contributed by atoms with van der Waals surface area (Å²) in [4.78, 5) is 0. The second-order valence-corrected chi connectivity index (χ2v) is 5.26. The van der Waals surface area contributed by atoms with Crippen LogP contribution in [0.3, 0.4) is 0 Å². The van der Waals surface area contributed by atoms with Gasteiger partial charge in [0.05, 0.1) is 0 Å². The molecule has 0 nitrogen and oxygen atoms in total. The Hall–Kier alpha value is -0.570. The maximum Gasteiger partial charge on any atom is 0.128 e. The Morgan fingerprint density at radius 2 is 1.87 bits per heavy atom. The van der Waals surface area contributed by atoms with Crippen LogP contribution in [0.5, 0.6) is 0 Å². The second-order valence-electron chi connectivity index (χ2n) is 4.46. The van der Waals surface area contributed by atoms with Crippen LogP contribution in [0.4, 0.5) is 8.78 Å². The van der Waals surface area contributed by atoms with Crippen molar-refractivity contribution in [1.29, 1.82) is 0 Å². The Kier molecular flexibility index (Phi) is 2.53. The van der Waals surface area contributed by atoms with Gasteiger partial charge >= 0.3 is 0 Å². The molecule has 1 aromatic rings. The molecule has 0 bridgehead atoms. The molecule has 0 radical (unpaired) electrons. The lowest BCUT2D eigenvalue weighted by atomic mass is 9.88. The van der Waals surface area contributed by atoms with E-state index in [0.29, 0.717) is 24.0 Å². The van der Waals surface area contributed by atoms with Crippen molar-refractivity contribution in [2.45, 2.75) is 31.4 Å². The number of hydrogen-bond acceptors (Lipinski definition) is 1. The van der Waals surface area contributed by atoms with E-state index in [4.69, 9.17) is 0 Å². The van der Waals surface area contributed by atoms with Gasteiger partial charge in [-0.2, -0.15) is 12.6 Å². The lowest BCUT2D eigenvalue weighted by Crippen LogP contribution is -2.23. The minimum atomic E-state index is -0.512. The molecule has 0 aromatic heterocycles. The molecule has 1 aliphatic carbocycles. The fourth-order valence-corrected chi connectivity index (χ4v) is 2.68. The summed E-state index contributed by atoms with van der Waals surface area (Å²) in [6, 6.07) is 2.40. The second kappa shape index (κ2) is 3.48. The van der Waals surface area contributed by atoms with Crippen LogP contribution < -0.4 is 0 Å². The highest BCUT2D eigenvalue weighted by atomic mass is 32.1. The molecule has 3 heteroatoms. The first kappa shape index (κ1) is 10.9. The molecule has 1 unspecified atom stereocenters. The quantitative estimate of drug-likeness (QED) is 0.696. The van der Waals surface area contributed by atoms with E-state index in [1.165, 1.54) is 12.1 Å². The van der Waals surface area contributed by atoms with Crippen LogP contribution in [0.1, 0.15) is 31.4 Å². The summed E-state index contributed by atoms with van der Waals surface area (Å²) in [5, 5.41) is 0. The molecule has 0 fully saturated rings. The third kappa shape index (κ3) is 1.48. The largest absolute Gasteiger partial charge is 0.207 e. The van der Waals surface area contributed by atoms with Gasteiger partial charge in [0.25, 0.3) is 0 Å². The molecule has 15 heavy (non-hydrogen) atoms. The fourth-order valence-electron chi connectivity index (χ4n) is 2.32. The molecule has 0 saturated carbocycles. The highest BCUT2D eigenvalue weighted by molar-refractivity contribution is 7.81. The van der Waals surface area contributed by atoms with Crippen LogP contribution in [0.15, 0.2) is 12.1 Å². The minimum Gasteiger partial charge on any atom is -0.207 e. The fraction of sp³-hybridized carbons (Fsp3) is 0.500. The van der Waals surface area contributed by atoms with Gasteiger partial charge in [0.1, 0.15) is 11.6 Å². The van der Waals surface area contributed by atoms with E-state index in [9.17, 15) is 8.78 Å². The Bertz CT molecular complexity index is 401. The van der Waals surface area contributed by atoms with Crippen LogP contribution in [-0.2, 0) is 11.2 Å². The van der Waals surface area contributed by atoms with E-state index < -0.39 is 4.75 Å². The van der Waals surface area contributed by atoms with Gasteiger partial charge in [-0.05, 0) is 36.5 Å². The average molecular weight is 228 g/mol. The molecular weight excluding hydrogens is 214 g/mol. The molecule has 1 atom stereocenters. The molecule has 0 saturated heterocycles. The summed E-state index contributed by atoms with van der Waals surface area (Å²) in [6.45, 7) is 3.99. The van der Waals surface area contributed by atoms with Crippen molar-refractivity contribution in [2.75, 3.05) is 0 Å². The zero-order chi connectivity index (χ0) is 11.2. The predicted octanol–water partition coefficient (Wildman–Crippen LogP) is 3.69. The summed E-state index contributed by atoms with van der Waals surface area (Å²) in [5.41, 5.74) is 0.986. The number of fused-ring (bicyclic) bond motifs is 1. The van der Waals surface area contributed by atoms with Gasteiger partial charge in [-0.3, -0.25) is 0 Å². The van der Waals surface area contributed by atoms with Gasteiger partial charge in [0.2, 0.25) is 0 Å². The summed E-state index contributed by atoms with van der Waals surface area (Å²) in [7, 11) is 0. The molecule has 0 heterocycles. The summed E-state index contributed by atoms with van der Waals surface area (Å²) >= 11 is 4.57. The van der Waals surface area contributed by atoms with E-state index in [2.05, 4.69) is 12.6 Å². The molecule has 0 N–H and O–H groups in total. The van der Waals surface area contributed by atoms with Crippen LogP contribution in [-0.4, -0.2) is 0 Å².